The summed E-state index contributed by atoms with van der Waals surface area (Å²) in [6, 6.07) is -0.569. The molecule has 0 aliphatic rings. The summed E-state index contributed by atoms with van der Waals surface area (Å²) >= 11 is 3.99. The van der Waals surface area contributed by atoms with Crippen LogP contribution in [-0.2, 0) is 9.59 Å². The number of hydrogen-bond acceptors (Lipinski definition) is 3. The summed E-state index contributed by atoms with van der Waals surface area (Å²) < 4.78 is 0. The molecule has 0 saturated heterocycles. The SMILES string of the molecule is CC#CCCNC(=O)C(CS)NC(C)=O. The van der Waals surface area contributed by atoms with Crippen LogP contribution in [0.1, 0.15) is 20.3 Å². The van der Waals surface area contributed by atoms with Crippen molar-refractivity contribution in [3.8, 4) is 11.8 Å². The van der Waals surface area contributed by atoms with Crippen molar-refractivity contribution in [2.75, 3.05) is 12.3 Å². The van der Waals surface area contributed by atoms with Crippen LogP contribution in [0, 0.1) is 11.8 Å². The highest BCUT2D eigenvalue weighted by Crippen LogP contribution is 1.88. The molecule has 0 radical (unpaired) electrons. The summed E-state index contributed by atoms with van der Waals surface area (Å²) in [7, 11) is 0. The molecule has 0 spiro atoms. The van der Waals surface area contributed by atoms with Crippen molar-refractivity contribution >= 4 is 24.4 Å². The van der Waals surface area contributed by atoms with Crippen molar-refractivity contribution in [1.82, 2.24) is 10.6 Å². The van der Waals surface area contributed by atoms with Crippen LogP contribution in [0.15, 0.2) is 0 Å². The molecule has 2 amide bonds. The number of rotatable bonds is 5. The van der Waals surface area contributed by atoms with Gasteiger partial charge in [-0.05, 0) is 6.92 Å². The second-order valence-electron chi connectivity index (χ2n) is 2.90. The summed E-state index contributed by atoms with van der Waals surface area (Å²) in [6.07, 6.45) is 0.613. The maximum Gasteiger partial charge on any atom is 0.243 e. The van der Waals surface area contributed by atoms with Gasteiger partial charge in [-0.2, -0.15) is 12.6 Å². The lowest BCUT2D eigenvalue weighted by Crippen LogP contribution is -2.47. The monoisotopic (exact) mass is 228 g/mol. The summed E-state index contributed by atoms with van der Waals surface area (Å²) in [5.74, 6) is 5.38. The standard InChI is InChI=1S/C10H16N2O2S/c1-3-4-5-6-11-10(14)9(7-15)12-8(2)13/h9,15H,5-7H2,1-2H3,(H,11,14)(H,12,13). The molecule has 0 aromatic heterocycles. The van der Waals surface area contributed by atoms with Gasteiger partial charge in [0.2, 0.25) is 11.8 Å². The van der Waals surface area contributed by atoms with Crippen LogP contribution in [0.4, 0.5) is 0 Å². The number of thiol groups is 1. The third-order valence-corrected chi connectivity index (χ3v) is 1.97. The molecule has 0 aliphatic heterocycles. The zero-order valence-electron chi connectivity index (χ0n) is 8.96. The maximum absolute atomic E-state index is 11.5. The minimum atomic E-state index is -0.569. The number of carbonyl (C=O) groups excluding carboxylic acids is 2. The van der Waals surface area contributed by atoms with Crippen molar-refractivity contribution in [3.05, 3.63) is 0 Å². The molecule has 15 heavy (non-hydrogen) atoms. The van der Waals surface area contributed by atoms with Crippen molar-refractivity contribution in [2.24, 2.45) is 0 Å². The van der Waals surface area contributed by atoms with Crippen molar-refractivity contribution in [1.29, 1.82) is 0 Å². The predicted molar refractivity (Wildman–Crippen MR) is 62.5 cm³/mol. The van der Waals surface area contributed by atoms with E-state index >= 15 is 0 Å². The van der Waals surface area contributed by atoms with Crippen LogP contribution in [-0.4, -0.2) is 30.2 Å². The first-order chi connectivity index (χ1) is 7.11. The van der Waals surface area contributed by atoms with E-state index < -0.39 is 6.04 Å². The lowest BCUT2D eigenvalue weighted by Gasteiger charge is -2.14. The van der Waals surface area contributed by atoms with E-state index in [1.54, 1.807) is 6.92 Å². The van der Waals surface area contributed by atoms with Gasteiger partial charge in [0.15, 0.2) is 0 Å². The Hall–Kier alpha value is -1.15. The van der Waals surface area contributed by atoms with E-state index in [0.717, 1.165) is 0 Å². The predicted octanol–water partition coefficient (Wildman–Crippen LogP) is -0.0495. The van der Waals surface area contributed by atoms with E-state index in [0.29, 0.717) is 13.0 Å². The minimum absolute atomic E-state index is 0.224. The molecule has 0 rings (SSSR count). The van der Waals surface area contributed by atoms with E-state index in [4.69, 9.17) is 0 Å². The highest BCUT2D eigenvalue weighted by molar-refractivity contribution is 7.80. The molecule has 0 aliphatic carbocycles. The van der Waals surface area contributed by atoms with Crippen LogP contribution < -0.4 is 10.6 Å². The van der Waals surface area contributed by atoms with Gasteiger partial charge in [-0.25, -0.2) is 0 Å². The highest BCUT2D eigenvalue weighted by atomic mass is 32.1. The van der Waals surface area contributed by atoms with Crippen LogP contribution in [0.25, 0.3) is 0 Å². The Morgan fingerprint density at radius 1 is 1.47 bits per heavy atom. The zero-order chi connectivity index (χ0) is 11.7. The molecule has 0 fully saturated rings. The second kappa shape index (κ2) is 8.18. The van der Waals surface area contributed by atoms with E-state index in [1.807, 2.05) is 0 Å². The Kier molecular flexibility index (Phi) is 7.56. The first-order valence-electron chi connectivity index (χ1n) is 4.67. The van der Waals surface area contributed by atoms with Gasteiger partial charge in [-0.1, -0.05) is 0 Å². The summed E-state index contributed by atoms with van der Waals surface area (Å²) in [5.41, 5.74) is 0. The number of hydrogen-bond donors (Lipinski definition) is 3. The van der Waals surface area contributed by atoms with Gasteiger partial charge >= 0.3 is 0 Å². The summed E-state index contributed by atoms with van der Waals surface area (Å²) in [4.78, 5) is 22.2. The maximum atomic E-state index is 11.5. The second-order valence-corrected chi connectivity index (χ2v) is 3.27. The topological polar surface area (TPSA) is 58.2 Å². The van der Waals surface area contributed by atoms with Crippen LogP contribution in [0.2, 0.25) is 0 Å². The van der Waals surface area contributed by atoms with Gasteiger partial charge < -0.3 is 10.6 Å². The molecule has 1 atom stereocenters. The summed E-state index contributed by atoms with van der Waals surface area (Å²) in [5, 5.41) is 5.18. The van der Waals surface area contributed by atoms with Crippen molar-refractivity contribution in [3.63, 3.8) is 0 Å². The van der Waals surface area contributed by atoms with Gasteiger partial charge in [-0.3, -0.25) is 9.59 Å². The van der Waals surface area contributed by atoms with Crippen LogP contribution in [0.5, 0.6) is 0 Å². The Labute approximate surface area is 95.6 Å². The van der Waals surface area contributed by atoms with Crippen LogP contribution >= 0.6 is 12.6 Å². The minimum Gasteiger partial charge on any atom is -0.353 e. The molecule has 0 aromatic rings. The van der Waals surface area contributed by atoms with E-state index in [9.17, 15) is 9.59 Å². The normalized spacial score (nSPS) is 10.9. The average Bonchev–Trinajstić information content (AvgIpc) is 2.20. The van der Waals surface area contributed by atoms with E-state index in [1.165, 1.54) is 6.92 Å². The van der Waals surface area contributed by atoms with Gasteiger partial charge in [0.1, 0.15) is 6.04 Å². The zero-order valence-corrected chi connectivity index (χ0v) is 9.86. The molecule has 1 unspecified atom stereocenters. The third-order valence-electron chi connectivity index (χ3n) is 1.60. The molecular weight excluding hydrogens is 212 g/mol. The molecule has 0 heterocycles. The largest absolute Gasteiger partial charge is 0.353 e. The first-order valence-corrected chi connectivity index (χ1v) is 5.30. The Morgan fingerprint density at radius 2 is 2.13 bits per heavy atom. The molecule has 0 aromatic carbocycles. The third kappa shape index (κ3) is 6.86. The number of carbonyl (C=O) groups is 2. The van der Waals surface area contributed by atoms with Gasteiger partial charge in [-0.15, -0.1) is 11.8 Å². The van der Waals surface area contributed by atoms with Crippen molar-refractivity contribution < 1.29 is 9.59 Å². The molecule has 4 nitrogen and oxygen atoms in total. The molecular formula is C10H16N2O2S. The highest BCUT2D eigenvalue weighted by Gasteiger charge is 2.16. The summed E-state index contributed by atoms with van der Waals surface area (Å²) in [6.45, 7) is 3.60. The smallest absolute Gasteiger partial charge is 0.243 e. The van der Waals surface area contributed by atoms with E-state index in [-0.39, 0.29) is 17.6 Å². The quantitative estimate of drug-likeness (QED) is 0.351. The molecule has 0 saturated carbocycles. The number of amides is 2. The van der Waals surface area contributed by atoms with Crippen LogP contribution in [0.3, 0.4) is 0 Å². The average molecular weight is 228 g/mol. The molecule has 84 valence electrons. The molecule has 0 bridgehead atoms. The van der Waals surface area contributed by atoms with Crippen molar-refractivity contribution in [2.45, 2.75) is 26.3 Å². The molecule has 2 N–H and O–H groups in total. The molecule has 5 heteroatoms. The van der Waals surface area contributed by atoms with Gasteiger partial charge in [0.25, 0.3) is 0 Å². The lowest BCUT2D eigenvalue weighted by molar-refractivity contribution is -0.127. The Bertz CT molecular complexity index is 281. The fraction of sp³-hybridized carbons (Fsp3) is 0.600. The van der Waals surface area contributed by atoms with Gasteiger partial charge in [0, 0.05) is 25.6 Å². The van der Waals surface area contributed by atoms with Gasteiger partial charge in [0.05, 0.1) is 0 Å². The Balaban J connectivity index is 3.91. The first kappa shape index (κ1) is 13.8. The fourth-order valence-corrected chi connectivity index (χ4v) is 1.19. The Morgan fingerprint density at radius 3 is 2.60 bits per heavy atom. The lowest BCUT2D eigenvalue weighted by atomic mass is 10.3. The van der Waals surface area contributed by atoms with E-state index in [2.05, 4.69) is 35.1 Å². The number of nitrogens with one attached hydrogen (secondary N) is 2. The fourth-order valence-electron chi connectivity index (χ4n) is 0.936.